The zero-order valence-electron chi connectivity index (χ0n) is 14.5. The Morgan fingerprint density at radius 3 is 2.37 bits per heavy atom. The van der Waals surface area contributed by atoms with Crippen molar-refractivity contribution < 1.29 is 9.53 Å². The van der Waals surface area contributed by atoms with Crippen LogP contribution in [0.25, 0.3) is 10.9 Å². The van der Waals surface area contributed by atoms with E-state index in [0.717, 1.165) is 16.5 Å². The van der Waals surface area contributed by atoms with Crippen molar-refractivity contribution in [1.29, 1.82) is 5.26 Å². The quantitative estimate of drug-likeness (QED) is 0.531. The summed E-state index contributed by atoms with van der Waals surface area (Å²) in [7, 11) is 0. The third-order valence-corrected chi connectivity index (χ3v) is 4.40. The summed E-state index contributed by atoms with van der Waals surface area (Å²) in [4.78, 5) is 12.9. The second kappa shape index (κ2) is 7.19. The van der Waals surface area contributed by atoms with Crippen LogP contribution in [0.15, 0.2) is 85.1 Å². The molecule has 27 heavy (non-hydrogen) atoms. The van der Waals surface area contributed by atoms with Crippen LogP contribution in [0.4, 0.5) is 0 Å². The third kappa shape index (κ3) is 3.31. The van der Waals surface area contributed by atoms with Crippen molar-refractivity contribution in [2.75, 3.05) is 0 Å². The molecular formula is C23H16N2O2. The standard InChI is InChI=1S/C23H16N2O2/c24-14-19-15-25(22-9-5-4-8-21(19)22)23(26)18-10-12-20(13-11-18)27-16-17-6-2-1-3-7-17/h1-13,15H,16H2. The Balaban J connectivity index is 1.56. The van der Waals surface area contributed by atoms with Crippen molar-refractivity contribution in [3.63, 3.8) is 0 Å². The number of ether oxygens (including phenoxy) is 1. The van der Waals surface area contributed by atoms with E-state index in [0.29, 0.717) is 23.5 Å². The highest BCUT2D eigenvalue weighted by atomic mass is 16.5. The highest BCUT2D eigenvalue weighted by molar-refractivity contribution is 6.03. The van der Waals surface area contributed by atoms with Crippen molar-refractivity contribution in [2.24, 2.45) is 0 Å². The van der Waals surface area contributed by atoms with Gasteiger partial charge in [0.15, 0.2) is 0 Å². The van der Waals surface area contributed by atoms with Gasteiger partial charge in [-0.05, 0) is 35.9 Å². The first-order chi connectivity index (χ1) is 13.3. The Kier molecular flexibility index (Phi) is 4.42. The fraction of sp³-hybridized carbons (Fsp3) is 0.0435. The topological polar surface area (TPSA) is 55.0 Å². The van der Waals surface area contributed by atoms with Crippen molar-refractivity contribution in [3.8, 4) is 11.8 Å². The van der Waals surface area contributed by atoms with Gasteiger partial charge in [-0.15, -0.1) is 0 Å². The van der Waals surface area contributed by atoms with E-state index in [4.69, 9.17) is 4.74 Å². The second-order valence-electron chi connectivity index (χ2n) is 6.15. The molecule has 0 N–H and O–H groups in total. The van der Waals surface area contributed by atoms with Crippen molar-refractivity contribution in [2.45, 2.75) is 6.61 Å². The summed E-state index contributed by atoms with van der Waals surface area (Å²) in [6.07, 6.45) is 1.59. The van der Waals surface area contributed by atoms with Crippen LogP contribution in [0.1, 0.15) is 21.5 Å². The monoisotopic (exact) mass is 352 g/mol. The van der Waals surface area contributed by atoms with Crippen LogP contribution >= 0.6 is 0 Å². The van der Waals surface area contributed by atoms with Gasteiger partial charge in [-0.3, -0.25) is 9.36 Å². The first-order valence-electron chi connectivity index (χ1n) is 8.58. The van der Waals surface area contributed by atoms with E-state index < -0.39 is 0 Å². The molecule has 4 aromatic rings. The van der Waals surface area contributed by atoms with Gasteiger partial charge in [0.2, 0.25) is 0 Å². The highest BCUT2D eigenvalue weighted by Gasteiger charge is 2.15. The summed E-state index contributed by atoms with van der Waals surface area (Å²) in [6.45, 7) is 0.474. The molecule has 4 nitrogen and oxygen atoms in total. The van der Waals surface area contributed by atoms with Gasteiger partial charge in [0, 0.05) is 17.1 Å². The van der Waals surface area contributed by atoms with E-state index in [1.807, 2.05) is 54.6 Å². The fourth-order valence-electron chi connectivity index (χ4n) is 3.01. The molecule has 4 heteroatoms. The number of aromatic nitrogens is 1. The number of fused-ring (bicyclic) bond motifs is 1. The van der Waals surface area contributed by atoms with Gasteiger partial charge < -0.3 is 4.74 Å². The smallest absolute Gasteiger partial charge is 0.262 e. The number of hydrogen-bond donors (Lipinski definition) is 0. The lowest BCUT2D eigenvalue weighted by Crippen LogP contribution is -2.10. The number of nitriles is 1. The Bertz CT molecular complexity index is 1140. The van der Waals surface area contributed by atoms with E-state index in [9.17, 15) is 10.1 Å². The van der Waals surface area contributed by atoms with E-state index in [2.05, 4.69) is 6.07 Å². The molecule has 0 fully saturated rings. The maximum Gasteiger partial charge on any atom is 0.262 e. The van der Waals surface area contributed by atoms with Gasteiger partial charge in [-0.25, -0.2) is 0 Å². The van der Waals surface area contributed by atoms with Gasteiger partial charge in [-0.1, -0.05) is 48.5 Å². The van der Waals surface area contributed by atoms with Gasteiger partial charge in [0.05, 0.1) is 11.1 Å². The average molecular weight is 352 g/mol. The van der Waals surface area contributed by atoms with Crippen molar-refractivity contribution in [3.05, 3.63) is 102 Å². The minimum atomic E-state index is -0.178. The van der Waals surface area contributed by atoms with Crippen molar-refractivity contribution in [1.82, 2.24) is 4.57 Å². The van der Waals surface area contributed by atoms with E-state index in [1.54, 1.807) is 30.5 Å². The molecule has 0 aliphatic heterocycles. The number of para-hydroxylation sites is 1. The molecule has 3 aromatic carbocycles. The highest BCUT2D eigenvalue weighted by Crippen LogP contribution is 2.22. The molecule has 0 radical (unpaired) electrons. The van der Waals surface area contributed by atoms with Crippen molar-refractivity contribution >= 4 is 16.8 Å². The molecule has 0 amide bonds. The molecule has 0 saturated carbocycles. The minimum Gasteiger partial charge on any atom is -0.489 e. The predicted octanol–water partition coefficient (Wildman–Crippen LogP) is 4.78. The van der Waals surface area contributed by atoms with Crippen LogP contribution in [0.3, 0.4) is 0 Å². The Morgan fingerprint density at radius 2 is 1.63 bits per heavy atom. The number of rotatable bonds is 4. The van der Waals surface area contributed by atoms with Crippen LogP contribution in [0, 0.1) is 11.3 Å². The molecule has 0 unspecified atom stereocenters. The van der Waals surface area contributed by atoms with E-state index >= 15 is 0 Å². The number of hydrogen-bond acceptors (Lipinski definition) is 3. The summed E-state index contributed by atoms with van der Waals surface area (Å²) >= 11 is 0. The molecule has 0 atom stereocenters. The van der Waals surface area contributed by atoms with Gasteiger partial charge in [0.25, 0.3) is 5.91 Å². The summed E-state index contributed by atoms with van der Waals surface area (Å²) in [5.41, 5.74) is 2.83. The summed E-state index contributed by atoms with van der Waals surface area (Å²) in [6, 6.07) is 26.5. The molecule has 130 valence electrons. The number of benzene rings is 3. The molecule has 0 saturated heterocycles. The normalized spacial score (nSPS) is 10.5. The van der Waals surface area contributed by atoms with E-state index in [1.165, 1.54) is 4.57 Å². The minimum absolute atomic E-state index is 0.178. The Hall–Kier alpha value is -3.84. The number of carbonyl (C=O) groups excluding carboxylic acids is 1. The molecule has 4 rings (SSSR count). The average Bonchev–Trinajstić information content (AvgIpc) is 3.12. The van der Waals surface area contributed by atoms with Crippen LogP contribution in [0.5, 0.6) is 5.75 Å². The van der Waals surface area contributed by atoms with E-state index in [-0.39, 0.29) is 5.91 Å². The molecule has 1 aromatic heterocycles. The zero-order valence-corrected chi connectivity index (χ0v) is 14.5. The SMILES string of the molecule is N#Cc1cn(C(=O)c2ccc(OCc3ccccc3)cc2)c2ccccc12. The zero-order chi connectivity index (χ0) is 18.6. The Labute approximate surface area is 156 Å². The largest absolute Gasteiger partial charge is 0.489 e. The fourth-order valence-corrected chi connectivity index (χ4v) is 3.01. The maximum absolute atomic E-state index is 12.9. The molecule has 0 bridgehead atoms. The first kappa shape index (κ1) is 16.6. The number of carbonyl (C=O) groups is 1. The van der Waals surface area contributed by atoms with Crippen LogP contribution in [-0.2, 0) is 6.61 Å². The Morgan fingerprint density at radius 1 is 0.926 bits per heavy atom. The molecular weight excluding hydrogens is 336 g/mol. The lowest BCUT2D eigenvalue weighted by molar-refractivity contribution is 0.0965. The summed E-state index contributed by atoms with van der Waals surface area (Å²) in [5, 5.41) is 10.1. The van der Waals surface area contributed by atoms with Crippen LogP contribution in [-0.4, -0.2) is 10.5 Å². The van der Waals surface area contributed by atoms with Crippen LogP contribution in [0.2, 0.25) is 0 Å². The first-order valence-corrected chi connectivity index (χ1v) is 8.58. The summed E-state index contributed by atoms with van der Waals surface area (Å²) in [5.74, 6) is 0.521. The van der Waals surface area contributed by atoms with Gasteiger partial charge in [-0.2, -0.15) is 5.26 Å². The second-order valence-corrected chi connectivity index (χ2v) is 6.15. The van der Waals surface area contributed by atoms with Gasteiger partial charge >= 0.3 is 0 Å². The molecule has 0 spiro atoms. The van der Waals surface area contributed by atoms with Gasteiger partial charge in [0.1, 0.15) is 18.4 Å². The summed E-state index contributed by atoms with van der Waals surface area (Å²) < 4.78 is 7.28. The molecule has 1 heterocycles. The predicted molar refractivity (Wildman–Crippen MR) is 104 cm³/mol. The molecule has 0 aliphatic rings. The third-order valence-electron chi connectivity index (χ3n) is 4.40. The lowest BCUT2D eigenvalue weighted by atomic mass is 10.2. The lowest BCUT2D eigenvalue weighted by Gasteiger charge is -2.08. The maximum atomic E-state index is 12.9. The molecule has 0 aliphatic carbocycles. The van der Waals surface area contributed by atoms with Crippen LogP contribution < -0.4 is 4.74 Å². The number of nitrogens with zero attached hydrogens (tertiary/aromatic N) is 2.